The number of benzene rings is 2. The second kappa shape index (κ2) is 12.1. The fourth-order valence-corrected chi connectivity index (χ4v) is 4.58. The van der Waals surface area contributed by atoms with Gasteiger partial charge in [-0.2, -0.15) is 0 Å². The van der Waals surface area contributed by atoms with E-state index in [-0.39, 0.29) is 26.2 Å². The van der Waals surface area contributed by atoms with Crippen molar-refractivity contribution >= 4 is 23.9 Å². The zero-order valence-corrected chi connectivity index (χ0v) is 22.6. The van der Waals surface area contributed by atoms with E-state index < -0.39 is 47.0 Å². The average Bonchev–Trinajstić information content (AvgIpc) is 3.25. The summed E-state index contributed by atoms with van der Waals surface area (Å²) in [6.07, 6.45) is -1.07. The quantitative estimate of drug-likeness (QED) is 0.413. The lowest BCUT2D eigenvalue weighted by Gasteiger charge is -2.31. The van der Waals surface area contributed by atoms with E-state index in [2.05, 4.69) is 5.32 Å². The molecule has 0 spiro atoms. The maximum Gasteiger partial charge on any atom is 0.408 e. The molecule has 1 aliphatic heterocycles. The van der Waals surface area contributed by atoms with Gasteiger partial charge >= 0.3 is 18.0 Å². The number of nitrogens with zero attached hydrogens (tertiary/aromatic N) is 1. The number of hydrogen-bond acceptors (Lipinski definition) is 7. The lowest BCUT2D eigenvalue weighted by molar-refractivity contribution is -0.153. The fourth-order valence-electron chi connectivity index (χ4n) is 4.58. The van der Waals surface area contributed by atoms with E-state index in [1.54, 1.807) is 34.6 Å². The maximum absolute atomic E-state index is 14.3. The van der Waals surface area contributed by atoms with Gasteiger partial charge in [0.1, 0.15) is 11.6 Å². The number of esters is 2. The van der Waals surface area contributed by atoms with Gasteiger partial charge in [0, 0.05) is 6.42 Å². The Hall–Kier alpha value is -3.88. The number of nitrogens with one attached hydrogen (secondary N) is 1. The van der Waals surface area contributed by atoms with Crippen molar-refractivity contribution in [2.75, 3.05) is 19.8 Å². The molecule has 38 heavy (non-hydrogen) atoms. The topological polar surface area (TPSA) is 111 Å². The van der Waals surface area contributed by atoms with Crippen molar-refractivity contribution in [3.05, 3.63) is 71.8 Å². The van der Waals surface area contributed by atoms with Crippen molar-refractivity contribution < 1.29 is 33.4 Å². The second-order valence-electron chi connectivity index (χ2n) is 10.1. The highest BCUT2D eigenvalue weighted by molar-refractivity contribution is 5.95. The van der Waals surface area contributed by atoms with E-state index in [4.69, 9.17) is 14.2 Å². The largest absolute Gasteiger partial charge is 0.464 e. The van der Waals surface area contributed by atoms with Crippen molar-refractivity contribution in [1.29, 1.82) is 0 Å². The summed E-state index contributed by atoms with van der Waals surface area (Å²) in [6.45, 7) is 8.23. The van der Waals surface area contributed by atoms with E-state index in [0.717, 1.165) is 11.1 Å². The number of ether oxygens (including phenoxy) is 3. The third-order valence-electron chi connectivity index (χ3n) is 6.12. The fraction of sp³-hybridized carbons (Fsp3) is 0.448. The first kappa shape index (κ1) is 28.7. The minimum atomic E-state index is -1.71. The summed E-state index contributed by atoms with van der Waals surface area (Å²) in [7, 11) is 0. The first-order chi connectivity index (χ1) is 18.0. The molecule has 0 saturated carbocycles. The van der Waals surface area contributed by atoms with Crippen LogP contribution in [0.15, 0.2) is 60.7 Å². The van der Waals surface area contributed by atoms with Crippen molar-refractivity contribution in [2.24, 2.45) is 0 Å². The molecule has 1 fully saturated rings. The Balaban J connectivity index is 2.07. The van der Waals surface area contributed by atoms with Crippen LogP contribution in [-0.4, -0.2) is 65.8 Å². The molecule has 3 rings (SSSR count). The number of amides is 2. The second-order valence-corrected chi connectivity index (χ2v) is 10.1. The Morgan fingerprint density at radius 1 is 0.921 bits per heavy atom. The zero-order valence-electron chi connectivity index (χ0n) is 22.6. The molecule has 0 radical (unpaired) electrons. The molecule has 1 heterocycles. The molecule has 1 N–H and O–H groups in total. The number of carbonyl (C=O) groups excluding carboxylic acids is 4. The van der Waals surface area contributed by atoms with Crippen LogP contribution in [0.5, 0.6) is 0 Å². The van der Waals surface area contributed by atoms with Crippen LogP contribution in [0.1, 0.15) is 58.1 Å². The average molecular weight is 525 g/mol. The Bertz CT molecular complexity index is 1090. The van der Waals surface area contributed by atoms with E-state index in [1.165, 1.54) is 4.90 Å². The number of hydrogen-bond donors (Lipinski definition) is 1. The van der Waals surface area contributed by atoms with E-state index in [0.29, 0.717) is 0 Å². The molecule has 0 aliphatic carbocycles. The maximum atomic E-state index is 14.3. The highest BCUT2D eigenvalue weighted by Gasteiger charge is 2.57. The molecule has 1 aliphatic rings. The zero-order chi connectivity index (χ0) is 27.9. The van der Waals surface area contributed by atoms with Crippen LogP contribution in [0.2, 0.25) is 0 Å². The van der Waals surface area contributed by atoms with Gasteiger partial charge in [-0.1, -0.05) is 60.7 Å². The molecule has 2 atom stereocenters. The molecule has 0 aromatic heterocycles. The molecule has 9 heteroatoms. The van der Waals surface area contributed by atoms with Crippen molar-refractivity contribution in [3.63, 3.8) is 0 Å². The third-order valence-corrected chi connectivity index (χ3v) is 6.12. The molecule has 2 unspecified atom stereocenters. The van der Waals surface area contributed by atoms with Gasteiger partial charge in [0.15, 0.2) is 5.54 Å². The molecule has 2 amide bonds. The highest BCUT2D eigenvalue weighted by atomic mass is 16.6. The normalized spacial score (nSPS) is 19.1. The molecule has 0 bridgehead atoms. The van der Waals surface area contributed by atoms with Gasteiger partial charge in [-0.25, -0.2) is 14.4 Å². The molecule has 2 aromatic carbocycles. The van der Waals surface area contributed by atoms with Crippen LogP contribution < -0.4 is 5.32 Å². The molecular formula is C29H36N2O7. The number of likely N-dealkylation sites (tertiary alicyclic amines) is 1. The van der Waals surface area contributed by atoms with Crippen LogP contribution in [-0.2, 0) is 28.6 Å². The van der Waals surface area contributed by atoms with Gasteiger partial charge < -0.3 is 24.4 Å². The van der Waals surface area contributed by atoms with Gasteiger partial charge in [0.25, 0.3) is 0 Å². The Morgan fingerprint density at radius 2 is 1.45 bits per heavy atom. The molecule has 9 nitrogen and oxygen atoms in total. The van der Waals surface area contributed by atoms with E-state index >= 15 is 0 Å². The van der Waals surface area contributed by atoms with E-state index in [1.807, 2.05) is 60.7 Å². The third kappa shape index (κ3) is 6.70. The summed E-state index contributed by atoms with van der Waals surface area (Å²) in [6, 6.07) is 17.2. The van der Waals surface area contributed by atoms with Gasteiger partial charge in [0.05, 0.1) is 25.7 Å². The van der Waals surface area contributed by atoms with Crippen LogP contribution in [0.25, 0.3) is 0 Å². The van der Waals surface area contributed by atoms with Crippen molar-refractivity contribution in [3.8, 4) is 0 Å². The summed E-state index contributed by atoms with van der Waals surface area (Å²) < 4.78 is 16.0. The Labute approximate surface area is 223 Å². The summed E-state index contributed by atoms with van der Waals surface area (Å²) in [4.78, 5) is 54.8. The summed E-state index contributed by atoms with van der Waals surface area (Å²) in [5, 5.41) is 2.63. The van der Waals surface area contributed by atoms with Crippen molar-refractivity contribution in [1.82, 2.24) is 10.2 Å². The molecule has 1 saturated heterocycles. The van der Waals surface area contributed by atoms with Crippen LogP contribution in [0, 0.1) is 0 Å². The number of rotatable bonds is 8. The minimum absolute atomic E-state index is 0.0469. The van der Waals surface area contributed by atoms with Crippen LogP contribution in [0.4, 0.5) is 4.79 Å². The Morgan fingerprint density at radius 3 is 1.92 bits per heavy atom. The van der Waals surface area contributed by atoms with Gasteiger partial charge in [-0.15, -0.1) is 0 Å². The summed E-state index contributed by atoms with van der Waals surface area (Å²) >= 11 is 0. The van der Waals surface area contributed by atoms with Crippen molar-refractivity contribution in [2.45, 2.75) is 64.1 Å². The molecule has 204 valence electrons. The predicted octanol–water partition coefficient (Wildman–Crippen LogP) is 3.81. The smallest absolute Gasteiger partial charge is 0.408 e. The monoisotopic (exact) mass is 524 g/mol. The number of carbonyl (C=O) groups is 4. The standard InChI is InChI=1S/C29H36N2O7/c1-6-36-25(33)22-18-29(26(34)37-7-2,30-27(35)38-28(3,4)5)19-31(22)24(32)23(20-14-10-8-11-15-20)21-16-12-9-13-17-21/h8-17,22-23H,6-7,18-19H2,1-5H3,(H,30,35). The summed E-state index contributed by atoms with van der Waals surface area (Å²) in [5.41, 5.74) is -1.09. The summed E-state index contributed by atoms with van der Waals surface area (Å²) in [5.74, 6) is -2.59. The first-order valence-corrected chi connectivity index (χ1v) is 12.8. The lowest BCUT2D eigenvalue weighted by atomic mass is 9.90. The van der Waals surface area contributed by atoms with Crippen LogP contribution in [0.3, 0.4) is 0 Å². The van der Waals surface area contributed by atoms with Gasteiger partial charge in [-0.3, -0.25) is 4.79 Å². The molecule has 2 aromatic rings. The predicted molar refractivity (Wildman–Crippen MR) is 140 cm³/mol. The van der Waals surface area contributed by atoms with Gasteiger partial charge in [-0.05, 0) is 45.7 Å². The van der Waals surface area contributed by atoms with Crippen LogP contribution >= 0.6 is 0 Å². The van der Waals surface area contributed by atoms with Gasteiger partial charge in [0.2, 0.25) is 5.91 Å². The number of alkyl carbamates (subject to hydrolysis) is 1. The lowest BCUT2D eigenvalue weighted by Crippen LogP contribution is -2.58. The SMILES string of the molecule is CCOC(=O)C1CC(NC(=O)OC(C)(C)C)(C(=O)OCC)CN1C(=O)C(c1ccccc1)c1ccccc1. The highest BCUT2D eigenvalue weighted by Crippen LogP contribution is 2.35. The first-order valence-electron chi connectivity index (χ1n) is 12.8. The van der Waals surface area contributed by atoms with E-state index in [9.17, 15) is 19.2 Å². The molecular weight excluding hydrogens is 488 g/mol. The Kier molecular flexibility index (Phi) is 9.14. The minimum Gasteiger partial charge on any atom is -0.464 e.